The van der Waals surface area contributed by atoms with Crippen LogP contribution in [0, 0.1) is 5.92 Å². The molecule has 0 saturated carbocycles. The van der Waals surface area contributed by atoms with E-state index in [4.69, 9.17) is 4.74 Å². The minimum Gasteiger partial charge on any atom is -0.492 e. The molecular weight excluding hydrogens is 356 g/mol. The van der Waals surface area contributed by atoms with Gasteiger partial charge in [-0.1, -0.05) is 49.1 Å². The number of nitrogens with one attached hydrogen (secondary N) is 2. The van der Waals surface area contributed by atoms with Gasteiger partial charge in [-0.25, -0.2) is 0 Å². The summed E-state index contributed by atoms with van der Waals surface area (Å²) in [5.74, 6) is 1.74. The molecule has 1 amide bonds. The number of amides is 1. The lowest BCUT2D eigenvalue weighted by molar-refractivity contribution is -0.118. The summed E-state index contributed by atoms with van der Waals surface area (Å²) >= 11 is 2.81. The van der Waals surface area contributed by atoms with Crippen molar-refractivity contribution in [3.8, 4) is 5.75 Å². The Morgan fingerprint density at radius 3 is 2.88 bits per heavy atom. The zero-order chi connectivity index (χ0) is 18.1. The number of benzene rings is 1. The van der Waals surface area contributed by atoms with Crippen molar-refractivity contribution in [2.75, 3.05) is 24.2 Å². The van der Waals surface area contributed by atoms with Crippen LogP contribution in [0.4, 0.5) is 10.8 Å². The second-order valence-corrected chi connectivity index (χ2v) is 7.95. The van der Waals surface area contributed by atoms with Gasteiger partial charge in [0.2, 0.25) is 11.0 Å². The van der Waals surface area contributed by atoms with Crippen LogP contribution >= 0.6 is 23.1 Å². The van der Waals surface area contributed by atoms with Crippen molar-refractivity contribution in [3.63, 3.8) is 0 Å². The number of rotatable bonds is 10. The zero-order valence-corrected chi connectivity index (χ0v) is 16.4. The van der Waals surface area contributed by atoms with Gasteiger partial charge in [0.15, 0.2) is 4.34 Å². The van der Waals surface area contributed by atoms with Crippen molar-refractivity contribution >= 4 is 39.8 Å². The summed E-state index contributed by atoms with van der Waals surface area (Å²) in [7, 11) is 0. The molecule has 0 saturated heterocycles. The highest BCUT2D eigenvalue weighted by atomic mass is 32.2. The lowest BCUT2D eigenvalue weighted by Gasteiger charge is -2.09. The summed E-state index contributed by atoms with van der Waals surface area (Å²) in [6, 6.07) is 7.70. The number of anilines is 2. The Kier molecular flexibility index (Phi) is 8.00. The van der Waals surface area contributed by atoms with E-state index in [9.17, 15) is 4.79 Å². The van der Waals surface area contributed by atoms with Gasteiger partial charge >= 0.3 is 0 Å². The van der Waals surface area contributed by atoms with Gasteiger partial charge in [-0.15, -0.1) is 10.2 Å². The fraction of sp³-hybridized carbons (Fsp3) is 0.471. The van der Waals surface area contributed by atoms with Crippen molar-refractivity contribution in [3.05, 3.63) is 24.3 Å². The molecular formula is C17H24N4O2S2. The predicted molar refractivity (Wildman–Crippen MR) is 104 cm³/mol. The van der Waals surface area contributed by atoms with Crippen molar-refractivity contribution in [2.24, 2.45) is 5.92 Å². The zero-order valence-electron chi connectivity index (χ0n) is 14.7. The van der Waals surface area contributed by atoms with Crippen LogP contribution in [0.3, 0.4) is 0 Å². The first-order valence-corrected chi connectivity index (χ1v) is 10.1. The fourth-order valence-electron chi connectivity index (χ4n) is 1.96. The molecule has 0 aliphatic carbocycles. The van der Waals surface area contributed by atoms with Gasteiger partial charge in [-0.3, -0.25) is 4.79 Å². The largest absolute Gasteiger partial charge is 0.492 e. The Morgan fingerprint density at radius 2 is 2.12 bits per heavy atom. The van der Waals surface area contributed by atoms with Crippen LogP contribution in [-0.4, -0.2) is 35.0 Å². The maximum Gasteiger partial charge on any atom is 0.230 e. The van der Waals surface area contributed by atoms with Gasteiger partial charge in [-0.05, 0) is 31.4 Å². The molecule has 0 atom stereocenters. The van der Waals surface area contributed by atoms with E-state index in [0.29, 0.717) is 30.0 Å². The first kappa shape index (κ1) is 19.5. The summed E-state index contributed by atoms with van der Waals surface area (Å²) in [5.41, 5.74) is 0.850. The normalized spacial score (nSPS) is 10.7. The summed E-state index contributed by atoms with van der Waals surface area (Å²) in [5, 5.41) is 15.1. The highest BCUT2D eigenvalue weighted by molar-refractivity contribution is 8.01. The van der Waals surface area contributed by atoms with Crippen molar-refractivity contribution in [2.45, 2.75) is 31.5 Å². The minimum absolute atomic E-state index is 0.0250. The summed E-state index contributed by atoms with van der Waals surface area (Å²) in [6.45, 7) is 7.54. The fourth-order valence-corrected chi connectivity index (χ4v) is 3.56. The van der Waals surface area contributed by atoms with Gasteiger partial charge in [0, 0.05) is 6.54 Å². The van der Waals surface area contributed by atoms with Gasteiger partial charge in [-0.2, -0.15) is 0 Å². The summed E-state index contributed by atoms with van der Waals surface area (Å²) < 4.78 is 6.34. The monoisotopic (exact) mass is 380 g/mol. The molecule has 1 aromatic carbocycles. The number of ether oxygens (including phenoxy) is 1. The number of para-hydroxylation sites is 2. The van der Waals surface area contributed by atoms with Crippen LogP contribution in [0.5, 0.6) is 5.75 Å². The van der Waals surface area contributed by atoms with E-state index in [1.165, 1.54) is 23.1 Å². The molecule has 1 heterocycles. The van der Waals surface area contributed by atoms with Crippen LogP contribution in [0.1, 0.15) is 27.2 Å². The van der Waals surface area contributed by atoms with Gasteiger partial charge in [0.05, 0.1) is 18.0 Å². The third-order valence-corrected chi connectivity index (χ3v) is 5.18. The van der Waals surface area contributed by atoms with Gasteiger partial charge in [0.1, 0.15) is 5.75 Å². The molecule has 25 heavy (non-hydrogen) atoms. The number of hydrogen-bond donors (Lipinski definition) is 2. The molecule has 1 aromatic heterocycles. The third kappa shape index (κ3) is 6.91. The molecule has 0 aliphatic heterocycles. The minimum atomic E-state index is 0.0250. The Morgan fingerprint density at radius 1 is 1.32 bits per heavy atom. The quantitative estimate of drug-likeness (QED) is 0.608. The van der Waals surface area contributed by atoms with E-state index in [1.807, 2.05) is 31.2 Å². The summed E-state index contributed by atoms with van der Waals surface area (Å²) in [6.07, 6.45) is 0.989. The molecule has 2 rings (SSSR count). The predicted octanol–water partition coefficient (Wildman–Crippen LogP) is 3.93. The van der Waals surface area contributed by atoms with Crippen LogP contribution in [0.15, 0.2) is 28.6 Å². The van der Waals surface area contributed by atoms with E-state index in [1.54, 1.807) is 0 Å². The Labute approximate surface area is 156 Å². The second-order valence-electron chi connectivity index (χ2n) is 5.75. The molecule has 136 valence electrons. The topological polar surface area (TPSA) is 76.1 Å². The van der Waals surface area contributed by atoms with Crippen molar-refractivity contribution in [1.29, 1.82) is 0 Å². The average molecular weight is 381 g/mol. The second kappa shape index (κ2) is 10.2. The standard InChI is InChI=1S/C17H24N4O2S2/c1-4-23-14-8-6-5-7-13(14)19-16-20-21-17(25-16)24-11-15(22)18-10-9-12(2)3/h5-8,12H,4,9-11H2,1-3H3,(H,18,22)(H,19,20). The van der Waals surface area contributed by atoms with Crippen LogP contribution in [-0.2, 0) is 4.79 Å². The average Bonchev–Trinajstić information content (AvgIpc) is 3.02. The third-order valence-electron chi connectivity index (χ3n) is 3.21. The van der Waals surface area contributed by atoms with Crippen LogP contribution in [0.2, 0.25) is 0 Å². The highest BCUT2D eigenvalue weighted by Gasteiger charge is 2.10. The maximum absolute atomic E-state index is 11.8. The smallest absolute Gasteiger partial charge is 0.230 e. The van der Waals surface area contributed by atoms with Crippen LogP contribution in [0.25, 0.3) is 0 Å². The molecule has 0 radical (unpaired) electrons. The molecule has 6 nitrogen and oxygen atoms in total. The van der Waals surface area contributed by atoms with E-state index < -0.39 is 0 Å². The molecule has 2 N–H and O–H groups in total. The maximum atomic E-state index is 11.8. The van der Waals surface area contributed by atoms with Gasteiger partial charge in [0.25, 0.3) is 0 Å². The number of hydrogen-bond acceptors (Lipinski definition) is 7. The van der Waals surface area contributed by atoms with E-state index in [0.717, 1.165) is 22.2 Å². The van der Waals surface area contributed by atoms with Crippen molar-refractivity contribution in [1.82, 2.24) is 15.5 Å². The molecule has 0 spiro atoms. The number of thioether (sulfide) groups is 1. The number of carbonyl (C=O) groups is 1. The van der Waals surface area contributed by atoms with Crippen LogP contribution < -0.4 is 15.4 Å². The number of nitrogens with zero attached hydrogens (tertiary/aromatic N) is 2. The Bertz CT molecular complexity index is 676. The molecule has 0 fully saturated rings. The molecule has 0 aliphatic rings. The SMILES string of the molecule is CCOc1ccccc1Nc1nnc(SCC(=O)NCCC(C)C)s1. The molecule has 2 aromatic rings. The number of carbonyl (C=O) groups excluding carboxylic acids is 1. The summed E-state index contributed by atoms with van der Waals surface area (Å²) in [4.78, 5) is 11.8. The Balaban J connectivity index is 1.83. The van der Waals surface area contributed by atoms with Crippen molar-refractivity contribution < 1.29 is 9.53 Å². The first-order chi connectivity index (χ1) is 12.1. The van der Waals surface area contributed by atoms with E-state index in [2.05, 4.69) is 34.7 Å². The Hall–Kier alpha value is -1.80. The van der Waals surface area contributed by atoms with E-state index in [-0.39, 0.29) is 5.91 Å². The first-order valence-electron chi connectivity index (χ1n) is 8.30. The highest BCUT2D eigenvalue weighted by Crippen LogP contribution is 2.31. The lowest BCUT2D eigenvalue weighted by Crippen LogP contribution is -2.26. The molecule has 8 heteroatoms. The van der Waals surface area contributed by atoms with Gasteiger partial charge < -0.3 is 15.4 Å². The number of aromatic nitrogens is 2. The van der Waals surface area contributed by atoms with E-state index >= 15 is 0 Å². The molecule has 0 bridgehead atoms. The molecule has 0 unspecified atom stereocenters. The lowest BCUT2D eigenvalue weighted by atomic mass is 10.1.